The van der Waals surface area contributed by atoms with Crippen molar-refractivity contribution >= 4 is 15.9 Å². The predicted molar refractivity (Wildman–Crippen MR) is 100 cm³/mol. The second-order valence-corrected chi connectivity index (χ2v) is 8.88. The van der Waals surface area contributed by atoms with E-state index in [1.54, 1.807) is 0 Å². The summed E-state index contributed by atoms with van der Waals surface area (Å²) in [6.45, 7) is 6.40. The van der Waals surface area contributed by atoms with E-state index in [2.05, 4.69) is 10.2 Å². The average molecular weight is 415 g/mol. The Labute approximate surface area is 164 Å². The smallest absolute Gasteiger partial charge is 0.254 e. The zero-order chi connectivity index (χ0) is 20.1. The van der Waals surface area contributed by atoms with Crippen LogP contribution in [0.4, 0.5) is 4.39 Å². The zero-order valence-electron chi connectivity index (χ0n) is 15.9. The first-order valence-corrected chi connectivity index (χ1v) is 10.8. The van der Waals surface area contributed by atoms with Gasteiger partial charge in [0.1, 0.15) is 5.82 Å². The van der Waals surface area contributed by atoms with Gasteiger partial charge in [-0.3, -0.25) is 9.69 Å². The molecule has 8 nitrogen and oxygen atoms in total. The monoisotopic (exact) mass is 415 g/mol. The molecule has 0 radical (unpaired) electrons. The minimum Gasteiger partial charge on any atom is -0.379 e. The number of rotatable bonds is 6. The predicted octanol–water partition coefficient (Wildman–Crippen LogP) is 0.297. The number of morpholine rings is 2. The van der Waals surface area contributed by atoms with Crippen molar-refractivity contribution in [2.24, 2.45) is 0 Å². The minimum absolute atomic E-state index is 0.0956. The molecule has 156 valence electrons. The number of sulfonamides is 1. The van der Waals surface area contributed by atoms with Crippen LogP contribution in [-0.4, -0.2) is 88.7 Å². The molecule has 1 aromatic carbocycles. The number of amides is 1. The number of nitrogens with one attached hydrogen (secondary N) is 1. The highest BCUT2D eigenvalue weighted by Gasteiger charge is 2.28. The maximum atomic E-state index is 14.2. The number of carbonyl (C=O) groups excluding carboxylic acids is 1. The van der Waals surface area contributed by atoms with Crippen molar-refractivity contribution in [2.75, 3.05) is 59.2 Å². The first-order chi connectivity index (χ1) is 13.4. The standard InChI is InChI=1S/C18H26FN3O5S/c1-14(13-21-4-8-26-9-5-21)20-18(23)16-12-15(2-3-17(16)19)28(24,25)22-6-10-27-11-7-22/h2-3,12,14H,4-11,13H2,1H3,(H,20,23). The number of benzene rings is 1. The summed E-state index contributed by atoms with van der Waals surface area (Å²) >= 11 is 0. The van der Waals surface area contributed by atoms with Gasteiger partial charge in [0, 0.05) is 38.8 Å². The molecule has 1 unspecified atom stereocenters. The van der Waals surface area contributed by atoms with Gasteiger partial charge in [-0.1, -0.05) is 0 Å². The van der Waals surface area contributed by atoms with E-state index < -0.39 is 21.7 Å². The van der Waals surface area contributed by atoms with Gasteiger partial charge < -0.3 is 14.8 Å². The molecule has 0 aliphatic carbocycles. The number of hydrogen-bond donors (Lipinski definition) is 1. The molecular formula is C18H26FN3O5S. The topological polar surface area (TPSA) is 88.2 Å². The van der Waals surface area contributed by atoms with Crippen molar-refractivity contribution in [1.82, 2.24) is 14.5 Å². The highest BCUT2D eigenvalue weighted by Crippen LogP contribution is 2.20. The van der Waals surface area contributed by atoms with E-state index in [-0.39, 0.29) is 29.6 Å². The van der Waals surface area contributed by atoms with Crippen LogP contribution in [0.15, 0.2) is 23.1 Å². The highest BCUT2D eigenvalue weighted by molar-refractivity contribution is 7.89. The molecule has 2 aliphatic rings. The quantitative estimate of drug-likeness (QED) is 0.719. The Morgan fingerprint density at radius 2 is 1.75 bits per heavy atom. The van der Waals surface area contributed by atoms with E-state index in [0.717, 1.165) is 25.2 Å². The molecule has 1 amide bonds. The number of nitrogens with zero attached hydrogens (tertiary/aromatic N) is 2. The molecule has 3 rings (SSSR count). The third-order valence-corrected chi connectivity index (χ3v) is 6.70. The molecule has 2 saturated heterocycles. The maximum Gasteiger partial charge on any atom is 0.254 e. The van der Waals surface area contributed by atoms with Gasteiger partial charge in [0.25, 0.3) is 5.91 Å². The van der Waals surface area contributed by atoms with Crippen LogP contribution < -0.4 is 5.32 Å². The number of carbonyl (C=O) groups is 1. The Bertz CT molecular complexity index is 792. The second kappa shape index (κ2) is 9.27. The molecule has 0 saturated carbocycles. The fraction of sp³-hybridized carbons (Fsp3) is 0.611. The summed E-state index contributed by atoms with van der Waals surface area (Å²) in [7, 11) is -3.80. The van der Waals surface area contributed by atoms with Gasteiger partial charge in [-0.15, -0.1) is 0 Å². The molecule has 0 aromatic heterocycles. The van der Waals surface area contributed by atoms with Crippen molar-refractivity contribution in [3.05, 3.63) is 29.6 Å². The molecule has 1 atom stereocenters. The number of ether oxygens (including phenoxy) is 2. The largest absolute Gasteiger partial charge is 0.379 e. The number of hydrogen-bond acceptors (Lipinski definition) is 6. The molecule has 0 spiro atoms. The third kappa shape index (κ3) is 5.06. The molecule has 2 heterocycles. The molecule has 1 N–H and O–H groups in total. The fourth-order valence-electron chi connectivity index (χ4n) is 3.29. The van der Waals surface area contributed by atoms with Gasteiger partial charge in [-0.05, 0) is 25.1 Å². The van der Waals surface area contributed by atoms with Gasteiger partial charge in [0.15, 0.2) is 0 Å². The summed E-state index contributed by atoms with van der Waals surface area (Å²) in [6.07, 6.45) is 0. The van der Waals surface area contributed by atoms with E-state index in [9.17, 15) is 17.6 Å². The second-order valence-electron chi connectivity index (χ2n) is 6.95. The van der Waals surface area contributed by atoms with Gasteiger partial charge in [-0.2, -0.15) is 4.31 Å². The Morgan fingerprint density at radius 1 is 1.14 bits per heavy atom. The van der Waals surface area contributed by atoms with Crippen molar-refractivity contribution in [1.29, 1.82) is 0 Å². The molecule has 1 aromatic rings. The Hall–Kier alpha value is -1.59. The lowest BCUT2D eigenvalue weighted by Crippen LogP contribution is -2.46. The summed E-state index contributed by atoms with van der Waals surface area (Å²) in [5.41, 5.74) is -0.275. The molecular weight excluding hydrogens is 389 g/mol. The van der Waals surface area contributed by atoms with Crippen molar-refractivity contribution in [3.8, 4) is 0 Å². The van der Waals surface area contributed by atoms with Gasteiger partial charge >= 0.3 is 0 Å². The van der Waals surface area contributed by atoms with Gasteiger partial charge in [0.05, 0.1) is 36.9 Å². The lowest BCUT2D eigenvalue weighted by Gasteiger charge is -2.29. The summed E-state index contributed by atoms with van der Waals surface area (Å²) in [6, 6.07) is 3.10. The molecule has 28 heavy (non-hydrogen) atoms. The molecule has 10 heteroatoms. The molecule has 2 fully saturated rings. The van der Waals surface area contributed by atoms with Crippen molar-refractivity contribution in [3.63, 3.8) is 0 Å². The SMILES string of the molecule is CC(CN1CCOCC1)NC(=O)c1cc(S(=O)(=O)N2CCOCC2)ccc1F. The van der Waals surface area contributed by atoms with Crippen LogP contribution in [0.3, 0.4) is 0 Å². The van der Waals surface area contributed by atoms with E-state index >= 15 is 0 Å². The summed E-state index contributed by atoms with van der Waals surface area (Å²) < 4.78 is 51.5. The molecule has 2 aliphatic heterocycles. The van der Waals surface area contributed by atoms with E-state index in [4.69, 9.17) is 9.47 Å². The minimum atomic E-state index is -3.80. The van der Waals surface area contributed by atoms with Crippen LogP contribution in [0.5, 0.6) is 0 Å². The van der Waals surface area contributed by atoms with Crippen LogP contribution in [0.25, 0.3) is 0 Å². The summed E-state index contributed by atoms with van der Waals surface area (Å²) in [5, 5.41) is 2.75. The van der Waals surface area contributed by atoms with Crippen LogP contribution in [-0.2, 0) is 19.5 Å². The van der Waals surface area contributed by atoms with E-state index in [1.807, 2.05) is 6.92 Å². The first-order valence-electron chi connectivity index (χ1n) is 9.36. The molecule has 0 bridgehead atoms. The van der Waals surface area contributed by atoms with Gasteiger partial charge in [0.2, 0.25) is 10.0 Å². The zero-order valence-corrected chi connectivity index (χ0v) is 16.7. The van der Waals surface area contributed by atoms with Crippen molar-refractivity contribution in [2.45, 2.75) is 17.9 Å². The Balaban J connectivity index is 1.70. The van der Waals surface area contributed by atoms with Crippen LogP contribution in [0.2, 0.25) is 0 Å². The summed E-state index contributed by atoms with van der Waals surface area (Å²) in [5.74, 6) is -1.38. The van der Waals surface area contributed by atoms with E-state index in [1.165, 1.54) is 10.4 Å². The first kappa shape index (κ1) is 21.1. The normalized spacial score (nSPS) is 20.6. The lowest BCUT2D eigenvalue weighted by atomic mass is 10.2. The summed E-state index contributed by atoms with van der Waals surface area (Å²) in [4.78, 5) is 14.6. The van der Waals surface area contributed by atoms with Gasteiger partial charge in [-0.25, -0.2) is 12.8 Å². The average Bonchev–Trinajstić information content (AvgIpc) is 2.69. The van der Waals surface area contributed by atoms with Crippen molar-refractivity contribution < 1.29 is 27.1 Å². The maximum absolute atomic E-state index is 14.2. The van der Waals surface area contributed by atoms with Crippen LogP contribution in [0, 0.1) is 5.82 Å². The number of halogens is 1. The van der Waals surface area contributed by atoms with Crippen LogP contribution in [0.1, 0.15) is 17.3 Å². The lowest BCUT2D eigenvalue weighted by molar-refractivity contribution is 0.0342. The van der Waals surface area contributed by atoms with E-state index in [0.29, 0.717) is 33.0 Å². The Kier molecular flexibility index (Phi) is 7.00. The Morgan fingerprint density at radius 3 is 2.39 bits per heavy atom. The highest BCUT2D eigenvalue weighted by atomic mass is 32.2. The van der Waals surface area contributed by atoms with Crippen LogP contribution >= 0.6 is 0 Å². The third-order valence-electron chi connectivity index (χ3n) is 4.80. The fourth-order valence-corrected chi connectivity index (χ4v) is 4.73.